The molecule has 0 aliphatic rings. The van der Waals surface area contributed by atoms with Gasteiger partial charge in [0.15, 0.2) is 16.9 Å². The molecular weight excluding hydrogens is 898 g/mol. The molecule has 0 bridgehead atoms. The number of carbonyl (C=O) groups is 5. The molecule has 65 heavy (non-hydrogen) atoms. The third-order valence-electron chi connectivity index (χ3n) is 8.54. The van der Waals surface area contributed by atoms with E-state index in [-0.39, 0.29) is 79.8 Å². The quantitative estimate of drug-likeness (QED) is 0.0341. The molecule has 26 heteroatoms. The van der Waals surface area contributed by atoms with E-state index in [9.17, 15) is 43.0 Å². The van der Waals surface area contributed by atoms with E-state index < -0.39 is 82.5 Å². The van der Waals surface area contributed by atoms with Crippen LogP contribution in [0.3, 0.4) is 0 Å². The highest BCUT2D eigenvalue weighted by atomic mass is 31.2. The molecule has 7 N–H and O–H groups in total. The van der Waals surface area contributed by atoms with Crippen LogP contribution in [0.25, 0.3) is 11.2 Å². The molecule has 2 atom stereocenters. The summed E-state index contributed by atoms with van der Waals surface area (Å²) in [6, 6.07) is 10.1. The van der Waals surface area contributed by atoms with E-state index >= 15 is 0 Å². The van der Waals surface area contributed by atoms with Crippen LogP contribution in [0.5, 0.6) is 5.75 Å². The van der Waals surface area contributed by atoms with Gasteiger partial charge in [0.1, 0.15) is 11.8 Å². The number of nitrogens with one attached hydrogen (secondary N) is 4. The minimum atomic E-state index is -4.16. The number of ether oxygens (including phenoxy) is 1. The van der Waals surface area contributed by atoms with E-state index in [4.69, 9.17) is 37.6 Å². The molecule has 4 aromatic rings. The van der Waals surface area contributed by atoms with Gasteiger partial charge in [0.05, 0.1) is 63.1 Å². The molecule has 0 saturated carbocycles. The zero-order chi connectivity index (χ0) is 47.6. The number of H-pyrrole nitrogens is 1. The average Bonchev–Trinajstić information content (AvgIpc) is 3.25. The van der Waals surface area contributed by atoms with E-state index in [2.05, 4.69) is 30.6 Å². The Morgan fingerprint density at radius 1 is 0.831 bits per heavy atom. The van der Waals surface area contributed by atoms with Crippen molar-refractivity contribution < 1.29 is 70.1 Å². The van der Waals surface area contributed by atoms with Gasteiger partial charge >= 0.3 is 27.7 Å². The number of carboxylic acid groups (broad SMARTS) is 1. The van der Waals surface area contributed by atoms with Crippen molar-refractivity contribution in [3.63, 3.8) is 0 Å². The number of nitrogens with two attached hydrogens (primary N) is 1. The molecule has 24 nitrogen and oxygen atoms in total. The van der Waals surface area contributed by atoms with E-state index in [0.717, 1.165) is 0 Å². The number of phosphoric acid groups is 2. The van der Waals surface area contributed by atoms with Crippen LogP contribution in [0, 0.1) is 0 Å². The summed E-state index contributed by atoms with van der Waals surface area (Å²) in [6.07, 6.45) is -2.51. The molecular formula is C39H50N8O16P2. The lowest BCUT2D eigenvalue weighted by molar-refractivity contribution is -0.139. The van der Waals surface area contributed by atoms with Crippen LogP contribution < -0.4 is 32.0 Å². The Hall–Kier alpha value is -5.97. The first-order valence-corrected chi connectivity index (χ1v) is 23.1. The average molecular weight is 949 g/mol. The topological polar surface area (TPSA) is 338 Å². The highest BCUT2D eigenvalue weighted by Crippen LogP contribution is 2.53. The summed E-state index contributed by atoms with van der Waals surface area (Å²) in [5.41, 5.74) is 6.08. The Kier molecular flexibility index (Phi) is 19.8. The number of imide groups is 1. The van der Waals surface area contributed by atoms with Crippen LogP contribution in [0.2, 0.25) is 0 Å². The maximum Gasteiger partial charge on any atom is 0.475 e. The highest BCUT2D eigenvalue weighted by Gasteiger charge is 2.34. The first-order chi connectivity index (χ1) is 31.0. The number of Topliss-reactive ketones (excluding diaryl/α,β-unsaturated/α-hetero) is 1. The second-order valence-corrected chi connectivity index (χ2v) is 16.6. The van der Waals surface area contributed by atoms with Crippen molar-refractivity contribution >= 4 is 68.1 Å². The van der Waals surface area contributed by atoms with E-state index in [0.29, 0.717) is 11.4 Å². The number of benzene rings is 2. The van der Waals surface area contributed by atoms with Crippen LogP contribution in [0.4, 0.5) is 16.4 Å². The zero-order valence-electron chi connectivity index (χ0n) is 35.8. The Balaban J connectivity index is 1.30. The highest BCUT2D eigenvalue weighted by molar-refractivity contribution is 7.48. The van der Waals surface area contributed by atoms with Crippen molar-refractivity contribution in [3.8, 4) is 5.75 Å². The second kappa shape index (κ2) is 24.9. The predicted molar refractivity (Wildman–Crippen MR) is 231 cm³/mol. The number of carbonyl (C=O) groups excluding carboxylic acids is 4. The SMILES string of the molecule is CCOP(=O)(OCC)OCC(CCC(=O)c1ccccc1OC(=O)NC(=O)CC[C@@H](NC(=O)c1ccc(NCc2cnc3nc(N)[nH]c(=O)c3n2)cc1)C(=O)O)OP(=O)(OCC)OCC. The van der Waals surface area contributed by atoms with Crippen LogP contribution in [-0.4, -0.2) is 99.9 Å². The van der Waals surface area contributed by atoms with Crippen LogP contribution in [0.15, 0.2) is 59.5 Å². The lowest BCUT2D eigenvalue weighted by atomic mass is 10.0. The molecule has 0 spiro atoms. The molecule has 0 aliphatic carbocycles. The van der Waals surface area contributed by atoms with Gasteiger partial charge in [0, 0.05) is 24.1 Å². The van der Waals surface area contributed by atoms with Crippen molar-refractivity contribution in [1.82, 2.24) is 30.6 Å². The third kappa shape index (κ3) is 16.2. The summed E-state index contributed by atoms with van der Waals surface area (Å²) in [5.74, 6) is -4.05. The van der Waals surface area contributed by atoms with E-state index in [1.165, 1.54) is 42.6 Å². The normalized spacial score (nSPS) is 12.6. The Bertz CT molecular complexity index is 2440. The Morgan fingerprint density at radius 2 is 1.48 bits per heavy atom. The Morgan fingerprint density at radius 3 is 2.12 bits per heavy atom. The number of hydrogen-bond acceptors (Lipinski definition) is 20. The fourth-order valence-corrected chi connectivity index (χ4v) is 8.21. The number of anilines is 2. The Labute approximate surface area is 371 Å². The third-order valence-corrected chi connectivity index (χ3v) is 11.9. The number of para-hydroxylation sites is 1. The minimum Gasteiger partial charge on any atom is -0.480 e. The number of hydrogen-bond donors (Lipinski definition) is 6. The first kappa shape index (κ1) is 51.7. The molecule has 2 aromatic heterocycles. The maximum absolute atomic E-state index is 13.5. The van der Waals surface area contributed by atoms with Gasteiger partial charge < -0.3 is 26.2 Å². The van der Waals surface area contributed by atoms with Crippen molar-refractivity contribution in [1.29, 1.82) is 0 Å². The number of aromatic nitrogens is 4. The first-order valence-electron chi connectivity index (χ1n) is 20.1. The van der Waals surface area contributed by atoms with Crippen molar-refractivity contribution in [2.75, 3.05) is 44.1 Å². The van der Waals surface area contributed by atoms with Crippen molar-refractivity contribution in [2.45, 2.75) is 72.1 Å². The van der Waals surface area contributed by atoms with Gasteiger partial charge in [0.2, 0.25) is 11.9 Å². The standard InChI is InChI=1S/C39H50N8O16P2/c1-5-57-64(55,58-6-2)61-23-27(63-65(56,59-7-3)60-8-4)17-19-30(48)28-11-9-10-12-31(28)62-39(54)45-32(49)20-18-29(37(52)53)44-35(50)24-13-15-25(16-14-24)41-21-26-22-42-34-33(43-26)36(51)47-38(40)46-34/h9-16,22,27,29,41H,5-8,17-21,23H2,1-4H3,(H,44,50)(H,52,53)(H,45,49,54)(H3,40,42,46,47,51)/t27?,29-/m1/s1. The number of rotatable bonds is 27. The largest absolute Gasteiger partial charge is 0.480 e. The van der Waals surface area contributed by atoms with Gasteiger partial charge in [-0.2, -0.15) is 4.98 Å². The van der Waals surface area contributed by atoms with Gasteiger partial charge in [-0.25, -0.2) is 28.7 Å². The van der Waals surface area contributed by atoms with Gasteiger partial charge in [-0.3, -0.25) is 56.6 Å². The van der Waals surface area contributed by atoms with Crippen molar-refractivity contribution in [3.05, 3.63) is 81.9 Å². The molecule has 3 amide bonds. The van der Waals surface area contributed by atoms with Crippen LogP contribution >= 0.6 is 15.6 Å². The number of aliphatic carboxylic acids is 1. The summed E-state index contributed by atoms with van der Waals surface area (Å²) >= 11 is 0. The molecule has 2 heterocycles. The van der Waals surface area contributed by atoms with E-state index in [1.807, 2.05) is 5.32 Å². The number of ketones is 1. The molecule has 0 radical (unpaired) electrons. The van der Waals surface area contributed by atoms with Gasteiger partial charge in [-0.15, -0.1) is 0 Å². The monoisotopic (exact) mass is 948 g/mol. The fourth-order valence-electron chi connectivity index (χ4n) is 5.64. The smallest absolute Gasteiger partial charge is 0.475 e. The summed E-state index contributed by atoms with van der Waals surface area (Å²) < 4.78 is 63.2. The number of fused-ring (bicyclic) bond motifs is 1. The van der Waals surface area contributed by atoms with Gasteiger partial charge in [-0.05, 0) is 76.9 Å². The number of aromatic amines is 1. The van der Waals surface area contributed by atoms with Gasteiger partial charge in [0.25, 0.3) is 11.5 Å². The summed E-state index contributed by atoms with van der Waals surface area (Å²) in [7, 11) is -8.22. The molecule has 0 fully saturated rings. The lowest BCUT2D eigenvalue weighted by Crippen LogP contribution is -2.42. The molecule has 352 valence electrons. The van der Waals surface area contributed by atoms with Crippen LogP contribution in [0.1, 0.15) is 79.8 Å². The molecule has 0 aliphatic heterocycles. The minimum absolute atomic E-state index is 0.00813. The van der Waals surface area contributed by atoms with E-state index in [1.54, 1.807) is 39.8 Å². The lowest BCUT2D eigenvalue weighted by Gasteiger charge is -2.25. The predicted octanol–water partition coefficient (Wildman–Crippen LogP) is 4.91. The maximum atomic E-state index is 13.5. The second-order valence-electron chi connectivity index (χ2n) is 13.3. The van der Waals surface area contributed by atoms with Gasteiger partial charge in [-0.1, -0.05) is 12.1 Å². The number of amides is 3. The molecule has 1 unspecified atom stereocenters. The number of nitrogens with zero attached hydrogens (tertiary/aromatic N) is 3. The summed E-state index contributed by atoms with van der Waals surface area (Å²) in [5, 5.41) is 17.1. The molecule has 2 aromatic carbocycles. The summed E-state index contributed by atoms with van der Waals surface area (Å²) in [4.78, 5) is 90.6. The number of phosphoric ester groups is 2. The van der Waals surface area contributed by atoms with Crippen LogP contribution in [-0.2, 0) is 52.4 Å². The fraction of sp³-hybridized carbons (Fsp3) is 0.410. The number of nitrogen functional groups attached to an aromatic ring is 1. The zero-order valence-corrected chi connectivity index (χ0v) is 37.6. The molecule has 0 saturated heterocycles. The number of carboxylic acids is 1. The van der Waals surface area contributed by atoms with Crippen molar-refractivity contribution in [2.24, 2.45) is 0 Å². The molecule has 4 rings (SSSR count). The summed E-state index contributed by atoms with van der Waals surface area (Å²) in [6.45, 7) is 5.80.